The number of nitrogens with zero attached hydrogens (tertiary/aromatic N) is 3. The van der Waals surface area contributed by atoms with E-state index in [0.717, 1.165) is 17.4 Å². The summed E-state index contributed by atoms with van der Waals surface area (Å²) in [6.07, 6.45) is 1.63. The average Bonchev–Trinajstić information content (AvgIpc) is 2.89. The Hall–Kier alpha value is -1.85. The van der Waals surface area contributed by atoms with Gasteiger partial charge < -0.3 is 4.98 Å². The van der Waals surface area contributed by atoms with Crippen LogP contribution < -0.4 is 5.56 Å². The SMILES string of the molecule is CC(C)N(CCn1cnc2c([nH]c3cccc(Cl)c32)c1=O)C(C)C. The maximum atomic E-state index is 12.8. The van der Waals surface area contributed by atoms with Crippen LogP contribution in [0.3, 0.4) is 0 Å². The minimum absolute atomic E-state index is 0.0558. The Morgan fingerprint density at radius 3 is 2.62 bits per heavy atom. The van der Waals surface area contributed by atoms with Gasteiger partial charge in [0, 0.05) is 36.1 Å². The van der Waals surface area contributed by atoms with E-state index in [0.29, 0.717) is 34.7 Å². The normalized spacial score (nSPS) is 12.3. The van der Waals surface area contributed by atoms with Crippen LogP contribution >= 0.6 is 11.6 Å². The molecule has 2 aromatic heterocycles. The first kappa shape index (κ1) is 17.0. The summed E-state index contributed by atoms with van der Waals surface area (Å²) in [6, 6.07) is 6.45. The second-order valence-electron chi connectivity index (χ2n) is 6.68. The summed E-state index contributed by atoms with van der Waals surface area (Å²) in [6.45, 7) is 10.1. The number of hydrogen-bond donors (Lipinski definition) is 1. The Morgan fingerprint density at radius 2 is 1.96 bits per heavy atom. The highest BCUT2D eigenvalue weighted by atomic mass is 35.5. The van der Waals surface area contributed by atoms with Crippen molar-refractivity contribution in [3.05, 3.63) is 39.9 Å². The monoisotopic (exact) mass is 346 g/mol. The van der Waals surface area contributed by atoms with Gasteiger partial charge in [-0.15, -0.1) is 0 Å². The molecule has 0 amide bonds. The first-order chi connectivity index (χ1) is 11.4. The summed E-state index contributed by atoms with van der Waals surface area (Å²) >= 11 is 6.27. The first-order valence-electron chi connectivity index (χ1n) is 8.31. The largest absolute Gasteiger partial charge is 0.349 e. The van der Waals surface area contributed by atoms with Crippen LogP contribution in [-0.2, 0) is 6.54 Å². The van der Waals surface area contributed by atoms with Gasteiger partial charge in [0.1, 0.15) is 11.0 Å². The van der Waals surface area contributed by atoms with Crippen LogP contribution in [0.4, 0.5) is 0 Å². The Labute approximate surface area is 146 Å². The van der Waals surface area contributed by atoms with Crippen molar-refractivity contribution in [3.8, 4) is 0 Å². The topological polar surface area (TPSA) is 53.9 Å². The number of hydrogen-bond acceptors (Lipinski definition) is 3. The van der Waals surface area contributed by atoms with Crippen LogP contribution in [0.1, 0.15) is 27.7 Å². The van der Waals surface area contributed by atoms with Crippen LogP contribution in [-0.4, -0.2) is 38.1 Å². The number of H-pyrrole nitrogens is 1. The van der Waals surface area contributed by atoms with Gasteiger partial charge in [0.05, 0.1) is 11.3 Å². The molecular formula is C18H23ClN4O. The highest BCUT2D eigenvalue weighted by molar-refractivity contribution is 6.37. The zero-order valence-electron chi connectivity index (χ0n) is 14.5. The van der Waals surface area contributed by atoms with E-state index < -0.39 is 0 Å². The van der Waals surface area contributed by atoms with E-state index in [9.17, 15) is 4.79 Å². The lowest BCUT2D eigenvalue weighted by molar-refractivity contribution is 0.167. The van der Waals surface area contributed by atoms with Gasteiger partial charge >= 0.3 is 0 Å². The van der Waals surface area contributed by atoms with Gasteiger partial charge in [0.25, 0.3) is 5.56 Å². The van der Waals surface area contributed by atoms with Crippen molar-refractivity contribution in [2.75, 3.05) is 6.54 Å². The van der Waals surface area contributed by atoms with Crippen LogP contribution in [0.25, 0.3) is 21.9 Å². The molecule has 3 aromatic rings. The molecule has 128 valence electrons. The average molecular weight is 347 g/mol. The van der Waals surface area contributed by atoms with E-state index in [-0.39, 0.29) is 5.56 Å². The molecule has 0 aliphatic carbocycles. The minimum atomic E-state index is -0.0558. The Bertz CT molecular complexity index is 918. The summed E-state index contributed by atoms with van der Waals surface area (Å²) in [4.78, 5) is 22.8. The predicted octanol–water partition coefficient (Wildman–Crippen LogP) is 3.65. The maximum Gasteiger partial charge on any atom is 0.277 e. The number of nitrogens with one attached hydrogen (secondary N) is 1. The van der Waals surface area contributed by atoms with Gasteiger partial charge in [-0.1, -0.05) is 17.7 Å². The molecule has 2 heterocycles. The number of aromatic nitrogens is 3. The molecular weight excluding hydrogens is 324 g/mol. The van der Waals surface area contributed by atoms with E-state index in [1.54, 1.807) is 10.9 Å². The quantitative estimate of drug-likeness (QED) is 0.767. The van der Waals surface area contributed by atoms with Gasteiger partial charge in [-0.25, -0.2) is 4.98 Å². The van der Waals surface area contributed by atoms with Crippen molar-refractivity contribution < 1.29 is 0 Å². The third kappa shape index (κ3) is 2.94. The van der Waals surface area contributed by atoms with Crippen molar-refractivity contribution >= 4 is 33.5 Å². The number of aromatic amines is 1. The highest BCUT2D eigenvalue weighted by Crippen LogP contribution is 2.28. The summed E-state index contributed by atoms with van der Waals surface area (Å²) in [5.74, 6) is 0. The second kappa shape index (κ2) is 6.57. The second-order valence-corrected chi connectivity index (χ2v) is 7.09. The van der Waals surface area contributed by atoms with Gasteiger partial charge in [0.15, 0.2) is 0 Å². The van der Waals surface area contributed by atoms with Crippen molar-refractivity contribution in [1.82, 2.24) is 19.4 Å². The van der Waals surface area contributed by atoms with Gasteiger partial charge in [-0.2, -0.15) is 0 Å². The number of benzene rings is 1. The van der Waals surface area contributed by atoms with E-state index in [4.69, 9.17) is 11.6 Å². The molecule has 0 bridgehead atoms. The van der Waals surface area contributed by atoms with Gasteiger partial charge in [0.2, 0.25) is 0 Å². The number of halogens is 1. The van der Waals surface area contributed by atoms with Crippen LogP contribution in [0.2, 0.25) is 5.02 Å². The molecule has 5 nitrogen and oxygen atoms in total. The molecule has 0 fully saturated rings. The van der Waals surface area contributed by atoms with Crippen LogP contribution in [0.15, 0.2) is 29.3 Å². The predicted molar refractivity (Wildman–Crippen MR) is 99.8 cm³/mol. The molecule has 0 radical (unpaired) electrons. The number of fused-ring (bicyclic) bond motifs is 3. The zero-order valence-corrected chi connectivity index (χ0v) is 15.3. The lowest BCUT2D eigenvalue weighted by atomic mass is 10.2. The molecule has 24 heavy (non-hydrogen) atoms. The number of rotatable bonds is 5. The van der Waals surface area contributed by atoms with E-state index >= 15 is 0 Å². The molecule has 0 aliphatic rings. The Kier molecular flexibility index (Phi) is 4.65. The molecule has 0 spiro atoms. The smallest absolute Gasteiger partial charge is 0.277 e. The van der Waals surface area contributed by atoms with E-state index in [1.165, 1.54) is 0 Å². The maximum absolute atomic E-state index is 12.8. The molecule has 0 saturated heterocycles. The molecule has 1 aromatic carbocycles. The molecule has 0 aliphatic heterocycles. The molecule has 1 N–H and O–H groups in total. The molecule has 0 atom stereocenters. The van der Waals surface area contributed by atoms with Gasteiger partial charge in [-0.3, -0.25) is 14.3 Å². The third-order valence-corrected chi connectivity index (χ3v) is 4.79. The summed E-state index contributed by atoms with van der Waals surface area (Å²) < 4.78 is 1.67. The van der Waals surface area contributed by atoms with Crippen molar-refractivity contribution in [2.24, 2.45) is 0 Å². The van der Waals surface area contributed by atoms with Crippen molar-refractivity contribution in [2.45, 2.75) is 46.3 Å². The zero-order chi connectivity index (χ0) is 17.4. The fraction of sp³-hybridized carbons (Fsp3) is 0.444. The Balaban J connectivity index is 1.99. The summed E-state index contributed by atoms with van der Waals surface area (Å²) in [7, 11) is 0. The van der Waals surface area contributed by atoms with Crippen molar-refractivity contribution in [1.29, 1.82) is 0 Å². The lowest BCUT2D eigenvalue weighted by Gasteiger charge is -2.30. The van der Waals surface area contributed by atoms with Gasteiger partial charge in [-0.05, 0) is 39.8 Å². The van der Waals surface area contributed by atoms with E-state index in [2.05, 4.69) is 42.6 Å². The molecule has 3 rings (SSSR count). The highest BCUT2D eigenvalue weighted by Gasteiger charge is 2.16. The standard InChI is InChI=1S/C18H23ClN4O/c1-11(2)23(12(3)4)9-8-22-10-20-16-15-13(19)6-5-7-14(15)21-17(16)18(22)24/h5-7,10-12,21H,8-9H2,1-4H3. The lowest BCUT2D eigenvalue weighted by Crippen LogP contribution is -2.40. The molecule has 0 unspecified atom stereocenters. The fourth-order valence-electron chi connectivity index (χ4n) is 3.29. The molecule has 0 saturated carbocycles. The van der Waals surface area contributed by atoms with Crippen LogP contribution in [0.5, 0.6) is 0 Å². The summed E-state index contributed by atoms with van der Waals surface area (Å²) in [5, 5.41) is 1.42. The fourth-order valence-corrected chi connectivity index (χ4v) is 3.55. The molecule has 6 heteroatoms. The van der Waals surface area contributed by atoms with Crippen LogP contribution in [0, 0.1) is 0 Å². The van der Waals surface area contributed by atoms with Crippen molar-refractivity contribution in [3.63, 3.8) is 0 Å². The third-order valence-electron chi connectivity index (χ3n) is 4.47. The Morgan fingerprint density at radius 1 is 1.25 bits per heavy atom. The van der Waals surface area contributed by atoms with E-state index in [1.807, 2.05) is 18.2 Å². The first-order valence-corrected chi connectivity index (χ1v) is 8.69. The summed E-state index contributed by atoms with van der Waals surface area (Å²) in [5.41, 5.74) is 1.94. The minimum Gasteiger partial charge on any atom is -0.349 e.